The highest BCUT2D eigenvalue weighted by Gasteiger charge is 2.31. The van der Waals surface area contributed by atoms with Gasteiger partial charge in [0.25, 0.3) is 5.91 Å². The molecule has 0 saturated carbocycles. The number of aromatic amines is 1. The lowest BCUT2D eigenvalue weighted by atomic mass is 10.0. The number of benzene rings is 2. The van der Waals surface area contributed by atoms with Gasteiger partial charge in [-0.15, -0.1) is 5.10 Å². The molecule has 6 rings (SSSR count). The molecule has 4 aromatic rings. The fraction of sp³-hybridized carbons (Fsp3) is 0.370. The number of hydrogen-bond acceptors (Lipinski definition) is 7. The minimum absolute atomic E-state index is 0.0622. The molecule has 0 aliphatic carbocycles. The number of carbonyl (C=O) groups excluding carboxylic acids is 2. The van der Waals surface area contributed by atoms with Crippen LogP contribution in [0.2, 0.25) is 5.02 Å². The van der Waals surface area contributed by atoms with Gasteiger partial charge in [-0.1, -0.05) is 16.8 Å². The number of amides is 2. The lowest BCUT2D eigenvalue weighted by Crippen LogP contribution is -2.54. The van der Waals surface area contributed by atoms with Crippen LogP contribution < -0.4 is 0 Å². The molecule has 2 aliphatic rings. The van der Waals surface area contributed by atoms with Gasteiger partial charge in [0.1, 0.15) is 12.3 Å². The first-order valence-corrected chi connectivity index (χ1v) is 13.5. The zero-order valence-corrected chi connectivity index (χ0v) is 22.1. The summed E-state index contributed by atoms with van der Waals surface area (Å²) in [4.78, 5) is 31.8. The number of likely N-dealkylation sites (tertiary alicyclic amines) is 1. The Morgan fingerprint density at radius 2 is 1.74 bits per heavy atom. The molecule has 202 valence electrons. The van der Waals surface area contributed by atoms with E-state index < -0.39 is 0 Å². The maximum atomic E-state index is 13.0. The van der Waals surface area contributed by atoms with Gasteiger partial charge in [-0.05, 0) is 55.3 Å². The van der Waals surface area contributed by atoms with E-state index in [9.17, 15) is 9.59 Å². The Balaban J connectivity index is 0.941. The van der Waals surface area contributed by atoms with Crippen molar-refractivity contribution >= 4 is 34.5 Å². The number of halogens is 1. The molecule has 2 aromatic heterocycles. The van der Waals surface area contributed by atoms with Crippen molar-refractivity contribution in [3.8, 4) is 5.69 Å². The summed E-state index contributed by atoms with van der Waals surface area (Å²) in [6.07, 6.45) is 4.98. The minimum Gasteiger partial charge on any atom is -0.443 e. The molecule has 2 fully saturated rings. The molecule has 11 nitrogen and oxygen atoms in total. The minimum atomic E-state index is -0.342. The van der Waals surface area contributed by atoms with Crippen molar-refractivity contribution in [2.24, 2.45) is 0 Å². The molecule has 12 heteroatoms. The van der Waals surface area contributed by atoms with Crippen molar-refractivity contribution in [1.82, 2.24) is 39.9 Å². The van der Waals surface area contributed by atoms with E-state index in [4.69, 9.17) is 16.3 Å². The summed E-state index contributed by atoms with van der Waals surface area (Å²) in [5.74, 6) is 0.0670. The summed E-state index contributed by atoms with van der Waals surface area (Å²) in [7, 11) is 0. The van der Waals surface area contributed by atoms with E-state index in [1.807, 2.05) is 35.2 Å². The Labute approximate surface area is 230 Å². The molecule has 0 unspecified atom stereocenters. The second-order valence-electron chi connectivity index (χ2n) is 9.90. The predicted molar refractivity (Wildman–Crippen MR) is 145 cm³/mol. The third-order valence-electron chi connectivity index (χ3n) is 7.50. The van der Waals surface area contributed by atoms with Gasteiger partial charge in [0.15, 0.2) is 0 Å². The smallest absolute Gasteiger partial charge is 0.410 e. The number of ether oxygens (including phenoxy) is 1. The molecule has 2 saturated heterocycles. The maximum absolute atomic E-state index is 13.0. The van der Waals surface area contributed by atoms with Gasteiger partial charge in [0.05, 0.1) is 23.6 Å². The van der Waals surface area contributed by atoms with Crippen molar-refractivity contribution in [3.63, 3.8) is 0 Å². The van der Waals surface area contributed by atoms with Gasteiger partial charge < -0.3 is 14.5 Å². The van der Waals surface area contributed by atoms with Crippen LogP contribution in [-0.4, -0.2) is 97.2 Å². The molecule has 0 bridgehead atoms. The van der Waals surface area contributed by atoms with E-state index in [1.54, 1.807) is 34.1 Å². The number of carbonyl (C=O) groups is 2. The maximum Gasteiger partial charge on any atom is 0.410 e. The monoisotopic (exact) mass is 548 g/mol. The Morgan fingerprint density at radius 3 is 2.51 bits per heavy atom. The highest BCUT2D eigenvalue weighted by atomic mass is 35.5. The van der Waals surface area contributed by atoms with E-state index >= 15 is 0 Å². The third kappa shape index (κ3) is 5.59. The Kier molecular flexibility index (Phi) is 7.16. The largest absolute Gasteiger partial charge is 0.443 e. The Hall–Kier alpha value is -3.96. The summed E-state index contributed by atoms with van der Waals surface area (Å²) in [5.41, 5.74) is 3.02. The van der Waals surface area contributed by atoms with Gasteiger partial charge in [-0.2, -0.15) is 5.10 Å². The fourth-order valence-electron chi connectivity index (χ4n) is 5.27. The normalized spacial score (nSPS) is 17.1. The summed E-state index contributed by atoms with van der Waals surface area (Å²) in [6, 6.07) is 13.3. The first-order chi connectivity index (χ1) is 19.0. The second kappa shape index (κ2) is 11.0. The van der Waals surface area contributed by atoms with Gasteiger partial charge in [0.2, 0.25) is 0 Å². The number of piperidine rings is 1. The van der Waals surface area contributed by atoms with Crippen LogP contribution in [0.25, 0.3) is 16.6 Å². The highest BCUT2D eigenvalue weighted by molar-refractivity contribution is 6.30. The van der Waals surface area contributed by atoms with Gasteiger partial charge in [-0.3, -0.25) is 14.8 Å². The third-order valence-corrected chi connectivity index (χ3v) is 7.76. The first-order valence-electron chi connectivity index (χ1n) is 13.1. The van der Waals surface area contributed by atoms with Crippen LogP contribution in [-0.2, 0) is 11.3 Å². The van der Waals surface area contributed by atoms with Crippen LogP contribution in [0.15, 0.2) is 54.9 Å². The van der Waals surface area contributed by atoms with Crippen molar-refractivity contribution in [3.05, 3.63) is 71.1 Å². The Morgan fingerprint density at radius 1 is 0.974 bits per heavy atom. The number of hydrogen-bond donors (Lipinski definition) is 1. The number of H-pyrrole nitrogens is 1. The molecule has 2 aromatic carbocycles. The zero-order chi connectivity index (χ0) is 26.8. The van der Waals surface area contributed by atoms with Crippen molar-refractivity contribution in [2.75, 3.05) is 39.3 Å². The molecular weight excluding hydrogens is 520 g/mol. The number of rotatable bonds is 5. The SMILES string of the molecule is O=C(OCc1cn(-c2ccc(Cl)cc2)nn1)N1CCN(C2CCN(C(=O)c3ccc4[nH]ncc4c3)CC2)CC1. The molecule has 0 atom stereocenters. The van der Waals surface area contributed by atoms with E-state index in [0.29, 0.717) is 35.4 Å². The predicted octanol–water partition coefficient (Wildman–Crippen LogP) is 3.36. The van der Waals surface area contributed by atoms with E-state index in [0.717, 1.165) is 55.6 Å². The average molecular weight is 549 g/mol. The lowest BCUT2D eigenvalue weighted by Gasteiger charge is -2.42. The van der Waals surface area contributed by atoms with Crippen molar-refractivity contribution in [1.29, 1.82) is 0 Å². The molecular formula is C27H29ClN8O3. The van der Waals surface area contributed by atoms with Crippen LogP contribution in [0, 0.1) is 0 Å². The van der Waals surface area contributed by atoms with Crippen molar-refractivity contribution in [2.45, 2.75) is 25.5 Å². The lowest BCUT2D eigenvalue weighted by molar-refractivity contribution is 0.0391. The van der Waals surface area contributed by atoms with Gasteiger partial charge in [-0.25, -0.2) is 9.48 Å². The van der Waals surface area contributed by atoms with E-state index in [-0.39, 0.29) is 18.6 Å². The summed E-state index contributed by atoms with van der Waals surface area (Å²) < 4.78 is 7.12. The van der Waals surface area contributed by atoms with Crippen LogP contribution in [0.5, 0.6) is 0 Å². The first kappa shape index (κ1) is 25.3. The van der Waals surface area contributed by atoms with Crippen LogP contribution in [0.3, 0.4) is 0 Å². The summed E-state index contributed by atoms with van der Waals surface area (Å²) >= 11 is 5.94. The van der Waals surface area contributed by atoms with Crippen LogP contribution in [0.1, 0.15) is 28.9 Å². The molecule has 4 heterocycles. The quantitative estimate of drug-likeness (QED) is 0.407. The number of fused-ring (bicyclic) bond motifs is 1. The number of nitrogens with zero attached hydrogens (tertiary/aromatic N) is 7. The number of piperazine rings is 1. The number of aromatic nitrogens is 5. The molecule has 0 radical (unpaired) electrons. The van der Waals surface area contributed by atoms with Crippen LogP contribution in [0.4, 0.5) is 4.79 Å². The second-order valence-corrected chi connectivity index (χ2v) is 10.3. The van der Waals surface area contributed by atoms with E-state index in [2.05, 4.69) is 25.4 Å². The highest BCUT2D eigenvalue weighted by Crippen LogP contribution is 2.22. The van der Waals surface area contributed by atoms with Gasteiger partial charge in [0, 0.05) is 61.3 Å². The molecule has 1 N–H and O–H groups in total. The van der Waals surface area contributed by atoms with Crippen LogP contribution >= 0.6 is 11.6 Å². The standard InChI is InChI=1S/C27H29ClN8O3/c28-21-2-4-24(5-3-21)36-17-22(30-32-36)18-39-27(38)35-13-11-33(12-14-35)23-7-9-34(10-8-23)26(37)19-1-6-25-20(15-19)16-29-31-25/h1-6,15-17,23H,7-14,18H2,(H,29,31). The van der Waals surface area contributed by atoms with E-state index in [1.165, 1.54) is 0 Å². The topological polar surface area (TPSA) is 112 Å². The zero-order valence-electron chi connectivity index (χ0n) is 21.4. The fourth-order valence-corrected chi connectivity index (χ4v) is 5.40. The summed E-state index contributed by atoms with van der Waals surface area (Å²) in [6.45, 7) is 4.32. The molecule has 2 amide bonds. The Bertz CT molecular complexity index is 1450. The average Bonchev–Trinajstić information content (AvgIpc) is 3.66. The molecule has 2 aliphatic heterocycles. The molecule has 0 spiro atoms. The molecule has 39 heavy (non-hydrogen) atoms. The summed E-state index contributed by atoms with van der Waals surface area (Å²) in [5, 5.41) is 16.7. The van der Waals surface area contributed by atoms with Crippen molar-refractivity contribution < 1.29 is 14.3 Å². The van der Waals surface area contributed by atoms with Gasteiger partial charge >= 0.3 is 6.09 Å². The number of nitrogens with one attached hydrogen (secondary N) is 1.